The summed E-state index contributed by atoms with van der Waals surface area (Å²) in [6.07, 6.45) is 3.82. The van der Waals surface area contributed by atoms with Crippen molar-refractivity contribution in [1.29, 1.82) is 0 Å². The highest BCUT2D eigenvalue weighted by Gasteiger charge is 2.45. The van der Waals surface area contributed by atoms with Gasteiger partial charge in [0.15, 0.2) is 0 Å². The van der Waals surface area contributed by atoms with Gasteiger partial charge in [-0.15, -0.1) is 0 Å². The quantitative estimate of drug-likeness (QED) is 0.903. The molecule has 2 heteroatoms. The molecule has 0 aliphatic heterocycles. The molecule has 112 valence electrons. The van der Waals surface area contributed by atoms with Gasteiger partial charge in [-0.2, -0.15) is 0 Å². The van der Waals surface area contributed by atoms with E-state index in [0.29, 0.717) is 6.04 Å². The Morgan fingerprint density at radius 3 is 2.60 bits per heavy atom. The van der Waals surface area contributed by atoms with Gasteiger partial charge in [-0.1, -0.05) is 38.1 Å². The van der Waals surface area contributed by atoms with Crippen molar-refractivity contribution in [3.05, 3.63) is 35.4 Å². The van der Waals surface area contributed by atoms with E-state index < -0.39 is 0 Å². The second-order valence-corrected chi connectivity index (χ2v) is 6.62. The van der Waals surface area contributed by atoms with Crippen molar-refractivity contribution < 1.29 is 0 Å². The topological polar surface area (TPSA) is 15.3 Å². The summed E-state index contributed by atoms with van der Waals surface area (Å²) in [5.74, 6) is 0.816. The molecule has 2 rings (SSSR count). The lowest BCUT2D eigenvalue weighted by Crippen LogP contribution is -2.59. The van der Waals surface area contributed by atoms with Crippen molar-refractivity contribution in [2.75, 3.05) is 20.6 Å². The lowest BCUT2D eigenvalue weighted by atomic mass is 9.68. The van der Waals surface area contributed by atoms with Crippen LogP contribution in [0.1, 0.15) is 44.2 Å². The van der Waals surface area contributed by atoms with Gasteiger partial charge in [0.1, 0.15) is 0 Å². The van der Waals surface area contributed by atoms with Gasteiger partial charge in [-0.05, 0) is 63.9 Å². The van der Waals surface area contributed by atoms with Crippen LogP contribution in [0.15, 0.2) is 24.3 Å². The summed E-state index contributed by atoms with van der Waals surface area (Å²) in [6.45, 7) is 7.90. The summed E-state index contributed by atoms with van der Waals surface area (Å²) < 4.78 is 0. The van der Waals surface area contributed by atoms with Crippen LogP contribution in [0.5, 0.6) is 0 Å². The largest absolute Gasteiger partial charge is 0.312 e. The standard InChI is InChI=1S/C18H30N2/c1-6-19-17-13-14(2)11-12-18(17,20(4)5)16-10-8-7-9-15(16)3/h7-10,14,17,19H,6,11-13H2,1-5H3. The highest BCUT2D eigenvalue weighted by Crippen LogP contribution is 2.44. The van der Waals surface area contributed by atoms with Gasteiger partial charge in [0.25, 0.3) is 0 Å². The van der Waals surface area contributed by atoms with E-state index in [4.69, 9.17) is 0 Å². The molecule has 1 aromatic rings. The SMILES string of the molecule is CCNC1CC(C)CCC1(c1ccccc1C)N(C)C. The van der Waals surface area contributed by atoms with Crippen molar-refractivity contribution in [1.82, 2.24) is 10.2 Å². The molecule has 1 aromatic carbocycles. The zero-order valence-corrected chi connectivity index (χ0v) is 13.7. The Morgan fingerprint density at radius 2 is 2.00 bits per heavy atom. The van der Waals surface area contributed by atoms with E-state index in [9.17, 15) is 0 Å². The number of rotatable bonds is 4. The number of hydrogen-bond acceptors (Lipinski definition) is 2. The zero-order valence-electron chi connectivity index (χ0n) is 13.7. The van der Waals surface area contributed by atoms with E-state index in [2.05, 4.69) is 69.3 Å². The first-order valence-electron chi connectivity index (χ1n) is 7.99. The van der Waals surface area contributed by atoms with Crippen molar-refractivity contribution in [2.24, 2.45) is 5.92 Å². The third-order valence-corrected chi connectivity index (χ3v) is 5.09. The first-order chi connectivity index (χ1) is 9.52. The average molecular weight is 274 g/mol. The minimum absolute atomic E-state index is 0.133. The number of benzene rings is 1. The fourth-order valence-electron chi connectivity index (χ4n) is 4.01. The molecular formula is C18H30N2. The Labute approximate surface area is 124 Å². The molecule has 20 heavy (non-hydrogen) atoms. The molecule has 1 aliphatic carbocycles. The first kappa shape index (κ1) is 15.5. The average Bonchev–Trinajstić information content (AvgIpc) is 2.40. The number of hydrogen-bond donors (Lipinski definition) is 1. The number of nitrogens with zero attached hydrogens (tertiary/aromatic N) is 1. The monoisotopic (exact) mass is 274 g/mol. The Balaban J connectivity index is 2.49. The predicted molar refractivity (Wildman–Crippen MR) is 87.0 cm³/mol. The molecule has 1 N–H and O–H groups in total. The van der Waals surface area contributed by atoms with Crippen molar-refractivity contribution >= 4 is 0 Å². The van der Waals surface area contributed by atoms with Crippen LogP contribution in [-0.4, -0.2) is 31.6 Å². The molecule has 0 aromatic heterocycles. The smallest absolute Gasteiger partial charge is 0.0612 e. The van der Waals surface area contributed by atoms with E-state index >= 15 is 0 Å². The fraction of sp³-hybridized carbons (Fsp3) is 0.667. The number of likely N-dealkylation sites (N-methyl/N-ethyl adjacent to an activating group) is 2. The van der Waals surface area contributed by atoms with Gasteiger partial charge >= 0.3 is 0 Å². The third kappa shape index (κ3) is 2.64. The normalized spacial score (nSPS) is 30.7. The van der Waals surface area contributed by atoms with Crippen LogP contribution in [0, 0.1) is 12.8 Å². The summed E-state index contributed by atoms with van der Waals surface area (Å²) in [7, 11) is 4.49. The molecule has 0 spiro atoms. The summed E-state index contributed by atoms with van der Waals surface area (Å²) in [5, 5.41) is 3.77. The number of aryl methyl sites for hydroxylation is 1. The van der Waals surface area contributed by atoms with Crippen LogP contribution in [0.4, 0.5) is 0 Å². The molecule has 3 atom stereocenters. The molecule has 3 unspecified atom stereocenters. The molecule has 0 radical (unpaired) electrons. The van der Waals surface area contributed by atoms with Crippen molar-refractivity contribution in [3.63, 3.8) is 0 Å². The highest BCUT2D eigenvalue weighted by atomic mass is 15.2. The van der Waals surface area contributed by atoms with Crippen LogP contribution >= 0.6 is 0 Å². The minimum atomic E-state index is 0.133. The second kappa shape index (κ2) is 6.28. The second-order valence-electron chi connectivity index (χ2n) is 6.62. The molecule has 2 nitrogen and oxygen atoms in total. The van der Waals surface area contributed by atoms with Crippen LogP contribution in [0.3, 0.4) is 0 Å². The van der Waals surface area contributed by atoms with Gasteiger partial charge in [0, 0.05) is 6.04 Å². The van der Waals surface area contributed by atoms with Crippen LogP contribution in [-0.2, 0) is 5.54 Å². The maximum atomic E-state index is 3.77. The lowest BCUT2D eigenvalue weighted by molar-refractivity contribution is 0.0404. The molecule has 1 saturated carbocycles. The fourth-order valence-corrected chi connectivity index (χ4v) is 4.01. The predicted octanol–water partition coefficient (Wildman–Crippen LogP) is 3.55. The van der Waals surface area contributed by atoms with Crippen molar-refractivity contribution in [2.45, 2.75) is 51.6 Å². The summed E-state index contributed by atoms with van der Waals surface area (Å²) in [4.78, 5) is 2.45. The van der Waals surface area contributed by atoms with Gasteiger partial charge in [-0.3, -0.25) is 4.90 Å². The maximum Gasteiger partial charge on any atom is 0.0612 e. The first-order valence-corrected chi connectivity index (χ1v) is 7.99. The van der Waals surface area contributed by atoms with Crippen LogP contribution < -0.4 is 5.32 Å². The Hall–Kier alpha value is -0.860. The zero-order chi connectivity index (χ0) is 14.8. The Morgan fingerprint density at radius 1 is 1.30 bits per heavy atom. The highest BCUT2D eigenvalue weighted by molar-refractivity contribution is 5.35. The molecule has 1 aliphatic rings. The van der Waals surface area contributed by atoms with Gasteiger partial charge in [-0.25, -0.2) is 0 Å². The molecule has 0 heterocycles. The van der Waals surface area contributed by atoms with E-state index in [0.717, 1.165) is 12.5 Å². The van der Waals surface area contributed by atoms with Gasteiger partial charge in [0.2, 0.25) is 0 Å². The Kier molecular flexibility index (Phi) is 4.87. The van der Waals surface area contributed by atoms with Crippen LogP contribution in [0.25, 0.3) is 0 Å². The molecule has 0 bridgehead atoms. The van der Waals surface area contributed by atoms with E-state index in [1.165, 1.54) is 30.4 Å². The Bertz CT molecular complexity index is 441. The lowest BCUT2D eigenvalue weighted by Gasteiger charge is -2.51. The van der Waals surface area contributed by atoms with E-state index in [-0.39, 0.29) is 5.54 Å². The third-order valence-electron chi connectivity index (χ3n) is 5.09. The molecular weight excluding hydrogens is 244 g/mol. The minimum Gasteiger partial charge on any atom is -0.312 e. The van der Waals surface area contributed by atoms with E-state index in [1.54, 1.807) is 0 Å². The summed E-state index contributed by atoms with van der Waals surface area (Å²) in [6, 6.07) is 9.45. The van der Waals surface area contributed by atoms with E-state index in [1.807, 2.05) is 0 Å². The summed E-state index contributed by atoms with van der Waals surface area (Å²) >= 11 is 0. The molecule has 0 saturated heterocycles. The van der Waals surface area contributed by atoms with Crippen LogP contribution in [0.2, 0.25) is 0 Å². The number of nitrogens with one attached hydrogen (secondary N) is 1. The maximum absolute atomic E-state index is 3.77. The van der Waals surface area contributed by atoms with Gasteiger partial charge in [0.05, 0.1) is 5.54 Å². The van der Waals surface area contributed by atoms with Gasteiger partial charge < -0.3 is 5.32 Å². The molecule has 0 amide bonds. The molecule has 1 fully saturated rings. The van der Waals surface area contributed by atoms with Crippen molar-refractivity contribution in [3.8, 4) is 0 Å². The summed E-state index contributed by atoms with van der Waals surface area (Å²) in [5.41, 5.74) is 3.05.